The van der Waals surface area contributed by atoms with Crippen molar-refractivity contribution in [2.24, 2.45) is 0 Å². The molecule has 184 valence electrons. The SMILES string of the molecule is c1ccc(N(c2ccc(-n3c4ccccc4c4ccccc43)cc2)c2cnc3c(c2)oc2ccccc23)cc1. The molecule has 0 aliphatic rings. The minimum absolute atomic E-state index is 0.775. The number of hydrogen-bond acceptors (Lipinski definition) is 3. The van der Waals surface area contributed by atoms with Crippen LogP contribution in [0.4, 0.5) is 17.1 Å². The van der Waals surface area contributed by atoms with E-state index >= 15 is 0 Å². The van der Waals surface area contributed by atoms with E-state index in [0.29, 0.717) is 0 Å². The average molecular weight is 502 g/mol. The van der Waals surface area contributed by atoms with E-state index in [0.717, 1.165) is 44.8 Å². The molecule has 0 saturated heterocycles. The van der Waals surface area contributed by atoms with Gasteiger partial charge in [0.1, 0.15) is 11.1 Å². The van der Waals surface area contributed by atoms with Gasteiger partial charge in [-0.3, -0.25) is 0 Å². The van der Waals surface area contributed by atoms with Gasteiger partial charge in [0.2, 0.25) is 0 Å². The molecule has 0 saturated carbocycles. The molecule has 0 atom stereocenters. The van der Waals surface area contributed by atoms with Crippen molar-refractivity contribution >= 4 is 60.9 Å². The van der Waals surface area contributed by atoms with Crippen LogP contribution in [0.5, 0.6) is 0 Å². The molecule has 4 nitrogen and oxygen atoms in total. The Kier molecular flexibility index (Phi) is 4.79. The monoisotopic (exact) mass is 501 g/mol. The second-order valence-corrected chi connectivity index (χ2v) is 9.70. The Hall–Kier alpha value is -5.35. The van der Waals surface area contributed by atoms with E-state index in [1.54, 1.807) is 0 Å². The Labute approximate surface area is 225 Å². The van der Waals surface area contributed by atoms with Crippen LogP contribution in [-0.2, 0) is 0 Å². The third-order valence-corrected chi connectivity index (χ3v) is 7.42. The fourth-order valence-electron chi connectivity index (χ4n) is 5.68. The Morgan fingerprint density at radius 1 is 0.513 bits per heavy atom. The van der Waals surface area contributed by atoms with Crippen LogP contribution in [0.2, 0.25) is 0 Å². The number of fused-ring (bicyclic) bond motifs is 6. The van der Waals surface area contributed by atoms with Gasteiger partial charge in [-0.1, -0.05) is 66.7 Å². The van der Waals surface area contributed by atoms with Gasteiger partial charge < -0.3 is 13.9 Å². The van der Waals surface area contributed by atoms with E-state index in [1.807, 2.05) is 30.5 Å². The number of pyridine rings is 1. The molecule has 0 fully saturated rings. The fourth-order valence-corrected chi connectivity index (χ4v) is 5.68. The molecule has 5 aromatic carbocycles. The van der Waals surface area contributed by atoms with Crippen molar-refractivity contribution in [2.45, 2.75) is 0 Å². The number of aromatic nitrogens is 2. The quantitative estimate of drug-likeness (QED) is 0.241. The van der Waals surface area contributed by atoms with Gasteiger partial charge in [0.15, 0.2) is 5.58 Å². The highest BCUT2D eigenvalue weighted by molar-refractivity contribution is 6.09. The first kappa shape index (κ1) is 21.7. The predicted molar refractivity (Wildman–Crippen MR) is 161 cm³/mol. The Bertz CT molecular complexity index is 2070. The first-order valence-electron chi connectivity index (χ1n) is 13.1. The lowest BCUT2D eigenvalue weighted by Crippen LogP contribution is -2.10. The molecule has 0 spiro atoms. The zero-order chi connectivity index (χ0) is 25.8. The molecule has 39 heavy (non-hydrogen) atoms. The molecule has 0 bridgehead atoms. The summed E-state index contributed by atoms with van der Waals surface area (Å²) in [6, 6.07) is 46.4. The van der Waals surface area contributed by atoms with Crippen LogP contribution >= 0.6 is 0 Å². The molecule has 3 aromatic heterocycles. The molecule has 0 amide bonds. The number of furan rings is 1. The van der Waals surface area contributed by atoms with Crippen molar-refractivity contribution in [3.63, 3.8) is 0 Å². The van der Waals surface area contributed by atoms with Crippen molar-refractivity contribution in [1.29, 1.82) is 0 Å². The lowest BCUT2D eigenvalue weighted by atomic mass is 10.2. The Balaban J connectivity index is 1.28. The summed E-state index contributed by atoms with van der Waals surface area (Å²) < 4.78 is 8.51. The summed E-state index contributed by atoms with van der Waals surface area (Å²) in [6.45, 7) is 0. The topological polar surface area (TPSA) is 34.2 Å². The second-order valence-electron chi connectivity index (χ2n) is 9.70. The first-order chi connectivity index (χ1) is 19.3. The van der Waals surface area contributed by atoms with Crippen molar-refractivity contribution in [2.75, 3.05) is 4.90 Å². The van der Waals surface area contributed by atoms with Gasteiger partial charge in [0.05, 0.1) is 22.9 Å². The number of benzene rings is 5. The van der Waals surface area contributed by atoms with Crippen LogP contribution in [-0.4, -0.2) is 9.55 Å². The number of para-hydroxylation sites is 4. The van der Waals surface area contributed by atoms with Crippen molar-refractivity contribution < 1.29 is 4.42 Å². The highest BCUT2D eigenvalue weighted by atomic mass is 16.3. The number of nitrogens with zero attached hydrogens (tertiary/aromatic N) is 3. The van der Waals surface area contributed by atoms with Crippen LogP contribution in [0.3, 0.4) is 0 Å². The van der Waals surface area contributed by atoms with Gasteiger partial charge in [-0.15, -0.1) is 0 Å². The van der Waals surface area contributed by atoms with E-state index in [1.165, 1.54) is 21.8 Å². The first-order valence-corrected chi connectivity index (χ1v) is 13.1. The van der Waals surface area contributed by atoms with Gasteiger partial charge in [-0.25, -0.2) is 4.98 Å². The van der Waals surface area contributed by atoms with Gasteiger partial charge in [-0.05, 0) is 60.7 Å². The van der Waals surface area contributed by atoms with Gasteiger partial charge in [0, 0.05) is 39.3 Å². The zero-order valence-corrected chi connectivity index (χ0v) is 21.0. The molecular weight excluding hydrogens is 478 g/mol. The molecule has 0 radical (unpaired) electrons. The molecular formula is C35H23N3O. The molecule has 0 aliphatic heterocycles. The number of hydrogen-bond donors (Lipinski definition) is 0. The van der Waals surface area contributed by atoms with Crippen LogP contribution < -0.4 is 4.90 Å². The van der Waals surface area contributed by atoms with Crippen molar-refractivity contribution in [3.05, 3.63) is 140 Å². The largest absolute Gasteiger partial charge is 0.454 e. The summed E-state index contributed by atoms with van der Waals surface area (Å²) >= 11 is 0. The maximum atomic E-state index is 6.17. The fraction of sp³-hybridized carbons (Fsp3) is 0. The van der Waals surface area contributed by atoms with Crippen molar-refractivity contribution in [3.8, 4) is 5.69 Å². The molecule has 8 aromatic rings. The predicted octanol–water partition coefficient (Wildman–Crippen LogP) is 9.55. The van der Waals surface area contributed by atoms with E-state index in [-0.39, 0.29) is 0 Å². The van der Waals surface area contributed by atoms with Gasteiger partial charge >= 0.3 is 0 Å². The summed E-state index contributed by atoms with van der Waals surface area (Å²) in [5.41, 5.74) is 9.06. The summed E-state index contributed by atoms with van der Waals surface area (Å²) in [7, 11) is 0. The smallest absolute Gasteiger partial charge is 0.155 e. The standard InChI is InChI=1S/C35H23N3O/c1-2-10-24(11-3-1)37(27-22-34-35(36-23-27)30-14-6-9-17-33(30)39-34)25-18-20-26(21-19-25)38-31-15-7-4-12-28(31)29-13-5-8-16-32(29)38/h1-23H. The second kappa shape index (κ2) is 8.61. The minimum atomic E-state index is 0.775. The lowest BCUT2D eigenvalue weighted by molar-refractivity contribution is 0.668. The normalized spacial score (nSPS) is 11.6. The van der Waals surface area contributed by atoms with Crippen LogP contribution in [0.15, 0.2) is 144 Å². The Morgan fingerprint density at radius 3 is 1.82 bits per heavy atom. The van der Waals surface area contributed by atoms with E-state index < -0.39 is 0 Å². The van der Waals surface area contributed by atoms with E-state index in [4.69, 9.17) is 9.40 Å². The summed E-state index contributed by atoms with van der Waals surface area (Å²) in [5.74, 6) is 0. The summed E-state index contributed by atoms with van der Waals surface area (Å²) in [6.07, 6.45) is 1.93. The van der Waals surface area contributed by atoms with Crippen LogP contribution in [0, 0.1) is 0 Å². The number of anilines is 3. The lowest BCUT2D eigenvalue weighted by Gasteiger charge is -2.25. The molecule has 0 aliphatic carbocycles. The van der Waals surface area contributed by atoms with Gasteiger partial charge in [0.25, 0.3) is 0 Å². The highest BCUT2D eigenvalue weighted by Crippen LogP contribution is 2.38. The number of rotatable bonds is 4. The summed E-state index contributed by atoms with van der Waals surface area (Å²) in [4.78, 5) is 7.05. The van der Waals surface area contributed by atoms with E-state index in [2.05, 4.69) is 119 Å². The summed E-state index contributed by atoms with van der Waals surface area (Å²) in [5, 5.41) is 3.54. The molecule has 8 rings (SSSR count). The zero-order valence-electron chi connectivity index (χ0n) is 21.0. The van der Waals surface area contributed by atoms with Gasteiger partial charge in [-0.2, -0.15) is 0 Å². The van der Waals surface area contributed by atoms with E-state index in [9.17, 15) is 0 Å². The maximum absolute atomic E-state index is 6.17. The Morgan fingerprint density at radius 2 is 1.10 bits per heavy atom. The molecule has 0 N–H and O–H groups in total. The minimum Gasteiger partial charge on any atom is -0.454 e. The van der Waals surface area contributed by atoms with Crippen LogP contribution in [0.25, 0.3) is 49.6 Å². The molecule has 4 heteroatoms. The van der Waals surface area contributed by atoms with Crippen molar-refractivity contribution in [1.82, 2.24) is 9.55 Å². The molecule has 0 unspecified atom stereocenters. The maximum Gasteiger partial charge on any atom is 0.155 e. The average Bonchev–Trinajstić information content (AvgIpc) is 3.54. The third kappa shape index (κ3) is 3.42. The molecule has 3 heterocycles. The highest BCUT2D eigenvalue weighted by Gasteiger charge is 2.17. The van der Waals surface area contributed by atoms with Crippen LogP contribution in [0.1, 0.15) is 0 Å². The third-order valence-electron chi connectivity index (χ3n) is 7.42.